The van der Waals surface area contributed by atoms with Crippen molar-refractivity contribution in [3.8, 4) is 11.8 Å². The predicted molar refractivity (Wildman–Crippen MR) is 55.6 cm³/mol. The average molecular weight is 225 g/mol. The Morgan fingerprint density at radius 2 is 2.33 bits per heavy atom. The third-order valence-electron chi connectivity index (χ3n) is 1.92. The summed E-state index contributed by atoms with van der Waals surface area (Å²) in [6, 6.07) is 6.48. The van der Waals surface area contributed by atoms with Gasteiger partial charge in [-0.25, -0.2) is 0 Å². The maximum Gasteiger partial charge on any atom is 0.239 e. The van der Waals surface area contributed by atoms with E-state index in [0.29, 0.717) is 16.3 Å². The Labute approximate surface area is 92.2 Å². The number of amides is 1. The van der Waals surface area contributed by atoms with Gasteiger partial charge >= 0.3 is 0 Å². The Morgan fingerprint density at radius 1 is 1.67 bits per heavy atom. The van der Waals surface area contributed by atoms with Crippen molar-refractivity contribution in [2.75, 3.05) is 7.11 Å². The van der Waals surface area contributed by atoms with Gasteiger partial charge < -0.3 is 10.5 Å². The Bertz CT molecular complexity index is 426. The van der Waals surface area contributed by atoms with Crippen molar-refractivity contribution < 1.29 is 9.53 Å². The van der Waals surface area contributed by atoms with E-state index in [2.05, 4.69) is 0 Å². The van der Waals surface area contributed by atoms with Gasteiger partial charge in [0.15, 0.2) is 5.92 Å². The molecule has 0 radical (unpaired) electrons. The smallest absolute Gasteiger partial charge is 0.239 e. The predicted octanol–water partition coefficient (Wildman–Crippen LogP) is 1.44. The summed E-state index contributed by atoms with van der Waals surface area (Å²) in [5.41, 5.74) is 5.52. The van der Waals surface area contributed by atoms with Crippen molar-refractivity contribution in [1.29, 1.82) is 5.26 Å². The number of carbonyl (C=O) groups excluding carboxylic acids is 1. The van der Waals surface area contributed by atoms with Crippen LogP contribution in [-0.2, 0) is 4.79 Å². The van der Waals surface area contributed by atoms with E-state index in [4.69, 9.17) is 27.3 Å². The first-order chi connectivity index (χ1) is 7.10. The number of hydrogen-bond acceptors (Lipinski definition) is 3. The third-order valence-corrected chi connectivity index (χ3v) is 2.16. The van der Waals surface area contributed by atoms with Crippen LogP contribution in [0.15, 0.2) is 18.2 Å². The number of nitrogens with zero attached hydrogens (tertiary/aromatic N) is 1. The van der Waals surface area contributed by atoms with Crippen LogP contribution in [0.3, 0.4) is 0 Å². The molecule has 0 heterocycles. The molecule has 0 saturated carbocycles. The van der Waals surface area contributed by atoms with Gasteiger partial charge in [-0.05, 0) is 12.1 Å². The molecule has 0 bridgehead atoms. The second-order valence-electron chi connectivity index (χ2n) is 2.85. The van der Waals surface area contributed by atoms with Crippen LogP contribution in [0.1, 0.15) is 11.5 Å². The van der Waals surface area contributed by atoms with E-state index in [1.54, 1.807) is 12.1 Å². The normalized spacial score (nSPS) is 11.5. The monoisotopic (exact) mass is 224 g/mol. The van der Waals surface area contributed by atoms with Crippen molar-refractivity contribution >= 4 is 17.5 Å². The molecule has 0 spiro atoms. The molecule has 1 aromatic carbocycles. The number of nitrogens with two attached hydrogens (primary N) is 1. The van der Waals surface area contributed by atoms with Crippen LogP contribution in [0, 0.1) is 11.3 Å². The lowest BCUT2D eigenvalue weighted by atomic mass is 9.99. The zero-order chi connectivity index (χ0) is 11.4. The summed E-state index contributed by atoms with van der Waals surface area (Å²) in [6.07, 6.45) is 0. The van der Waals surface area contributed by atoms with Gasteiger partial charge in [0.1, 0.15) is 5.75 Å². The number of rotatable bonds is 3. The number of ether oxygens (including phenoxy) is 1. The summed E-state index contributed by atoms with van der Waals surface area (Å²) >= 11 is 5.74. The Hall–Kier alpha value is -1.73. The van der Waals surface area contributed by atoms with Crippen LogP contribution in [0.4, 0.5) is 0 Å². The number of benzene rings is 1. The van der Waals surface area contributed by atoms with Crippen molar-refractivity contribution in [3.63, 3.8) is 0 Å². The molecule has 1 amide bonds. The topological polar surface area (TPSA) is 76.1 Å². The van der Waals surface area contributed by atoms with Crippen molar-refractivity contribution in [1.82, 2.24) is 0 Å². The van der Waals surface area contributed by atoms with E-state index in [-0.39, 0.29) is 0 Å². The highest BCUT2D eigenvalue weighted by Crippen LogP contribution is 2.29. The van der Waals surface area contributed by atoms with Gasteiger partial charge in [0.05, 0.1) is 13.2 Å². The number of primary amides is 1. The molecule has 0 aliphatic heterocycles. The molecule has 4 nitrogen and oxygen atoms in total. The average Bonchev–Trinajstić information content (AvgIpc) is 2.20. The van der Waals surface area contributed by atoms with E-state index in [1.165, 1.54) is 13.2 Å². The molecule has 0 aliphatic rings. The maximum atomic E-state index is 11.0. The van der Waals surface area contributed by atoms with Gasteiger partial charge in [-0.15, -0.1) is 0 Å². The number of hydrogen-bond donors (Lipinski definition) is 1. The maximum absolute atomic E-state index is 11.0. The van der Waals surface area contributed by atoms with Gasteiger partial charge in [-0.3, -0.25) is 4.79 Å². The first-order valence-corrected chi connectivity index (χ1v) is 4.50. The fourth-order valence-corrected chi connectivity index (χ4v) is 1.37. The SMILES string of the molecule is COc1cc(Cl)ccc1C(C#N)C(N)=O. The molecule has 1 rings (SSSR count). The number of halogens is 1. The van der Waals surface area contributed by atoms with Crippen LogP contribution < -0.4 is 10.5 Å². The number of carbonyl (C=O) groups is 1. The molecule has 0 saturated heterocycles. The Balaban J connectivity index is 3.24. The van der Waals surface area contributed by atoms with E-state index in [9.17, 15) is 4.79 Å². The first kappa shape index (κ1) is 11.3. The molecule has 1 aromatic rings. The lowest BCUT2D eigenvalue weighted by molar-refractivity contribution is -0.118. The first-order valence-electron chi connectivity index (χ1n) is 4.12. The van der Waals surface area contributed by atoms with E-state index < -0.39 is 11.8 Å². The Kier molecular flexibility index (Phi) is 3.53. The zero-order valence-corrected chi connectivity index (χ0v) is 8.78. The lowest BCUT2D eigenvalue weighted by Gasteiger charge is -2.10. The van der Waals surface area contributed by atoms with Crippen LogP contribution in [0.25, 0.3) is 0 Å². The van der Waals surface area contributed by atoms with Crippen LogP contribution in [-0.4, -0.2) is 13.0 Å². The summed E-state index contributed by atoms with van der Waals surface area (Å²) in [7, 11) is 1.44. The molecular formula is C10H9ClN2O2. The molecule has 1 atom stereocenters. The van der Waals surface area contributed by atoms with Crippen molar-refractivity contribution in [2.45, 2.75) is 5.92 Å². The van der Waals surface area contributed by atoms with E-state index >= 15 is 0 Å². The molecule has 0 aliphatic carbocycles. The molecule has 15 heavy (non-hydrogen) atoms. The second-order valence-corrected chi connectivity index (χ2v) is 3.29. The molecule has 0 fully saturated rings. The fraction of sp³-hybridized carbons (Fsp3) is 0.200. The van der Waals surface area contributed by atoms with Crippen molar-refractivity contribution in [2.24, 2.45) is 5.73 Å². The summed E-state index contributed by atoms with van der Waals surface area (Å²) in [4.78, 5) is 11.0. The summed E-state index contributed by atoms with van der Waals surface area (Å²) in [5.74, 6) is -1.34. The van der Waals surface area contributed by atoms with Gasteiger partial charge in [0.2, 0.25) is 5.91 Å². The quantitative estimate of drug-likeness (QED) is 0.844. The van der Waals surface area contributed by atoms with Crippen LogP contribution >= 0.6 is 11.6 Å². The van der Waals surface area contributed by atoms with E-state index in [0.717, 1.165) is 0 Å². The lowest BCUT2D eigenvalue weighted by Crippen LogP contribution is -2.20. The highest BCUT2D eigenvalue weighted by atomic mass is 35.5. The minimum Gasteiger partial charge on any atom is -0.496 e. The van der Waals surface area contributed by atoms with Crippen LogP contribution in [0.2, 0.25) is 5.02 Å². The van der Waals surface area contributed by atoms with Crippen molar-refractivity contribution in [3.05, 3.63) is 28.8 Å². The molecule has 0 aromatic heterocycles. The van der Waals surface area contributed by atoms with Gasteiger partial charge in [-0.2, -0.15) is 5.26 Å². The molecule has 5 heteroatoms. The number of nitriles is 1. The minimum absolute atomic E-state index is 0.382. The second kappa shape index (κ2) is 4.67. The Morgan fingerprint density at radius 3 is 2.80 bits per heavy atom. The van der Waals surface area contributed by atoms with Crippen LogP contribution in [0.5, 0.6) is 5.75 Å². The highest BCUT2D eigenvalue weighted by molar-refractivity contribution is 6.30. The van der Waals surface area contributed by atoms with Gasteiger partial charge in [0, 0.05) is 10.6 Å². The number of methoxy groups -OCH3 is 1. The molecule has 78 valence electrons. The highest BCUT2D eigenvalue weighted by Gasteiger charge is 2.21. The summed E-state index contributed by atoms with van der Waals surface area (Å²) in [5, 5.41) is 9.27. The molecule has 2 N–H and O–H groups in total. The summed E-state index contributed by atoms with van der Waals surface area (Å²) < 4.78 is 5.02. The van der Waals surface area contributed by atoms with Gasteiger partial charge in [0.25, 0.3) is 0 Å². The fourth-order valence-electron chi connectivity index (χ4n) is 1.21. The zero-order valence-electron chi connectivity index (χ0n) is 8.03. The largest absolute Gasteiger partial charge is 0.496 e. The van der Waals surface area contributed by atoms with E-state index in [1.807, 2.05) is 6.07 Å². The molecule has 1 unspecified atom stereocenters. The molecular weight excluding hydrogens is 216 g/mol. The summed E-state index contributed by atoms with van der Waals surface area (Å²) in [6.45, 7) is 0. The standard InChI is InChI=1S/C10H9ClN2O2/c1-15-9-4-6(11)2-3-7(9)8(5-12)10(13)14/h2-4,8H,1H3,(H2,13,14). The third kappa shape index (κ3) is 2.39. The van der Waals surface area contributed by atoms with Gasteiger partial charge in [-0.1, -0.05) is 17.7 Å². The minimum atomic E-state index is -1.02.